The largest absolute Gasteiger partial charge is 0.368 e. The van der Waals surface area contributed by atoms with Gasteiger partial charge in [0.05, 0.1) is 0 Å². The Hall–Kier alpha value is -2.21. The molecular formula is C18H21N3O3. The second-order valence-electron chi connectivity index (χ2n) is 6.37. The maximum Gasteiger partial charge on any atom is 0.252 e. The summed E-state index contributed by atoms with van der Waals surface area (Å²) in [6.45, 7) is 1.40. The molecule has 0 aliphatic carbocycles. The molecule has 1 amide bonds. The number of piperidine rings is 1. The highest BCUT2D eigenvalue weighted by Crippen LogP contribution is 2.32. The quantitative estimate of drug-likeness (QED) is 0.867. The molecule has 2 saturated heterocycles. The monoisotopic (exact) mass is 327 g/mol. The minimum Gasteiger partial charge on any atom is -0.368 e. The van der Waals surface area contributed by atoms with Crippen LogP contribution in [0.4, 0.5) is 0 Å². The van der Waals surface area contributed by atoms with Crippen molar-refractivity contribution in [3.8, 4) is 11.4 Å². The maximum atomic E-state index is 12.8. The summed E-state index contributed by atoms with van der Waals surface area (Å²) in [4.78, 5) is 19.2. The van der Waals surface area contributed by atoms with E-state index >= 15 is 0 Å². The lowest BCUT2D eigenvalue weighted by atomic mass is 10.0. The third kappa shape index (κ3) is 2.94. The van der Waals surface area contributed by atoms with Crippen LogP contribution in [0.15, 0.2) is 34.9 Å². The third-order valence-electron chi connectivity index (χ3n) is 4.75. The van der Waals surface area contributed by atoms with Crippen molar-refractivity contribution in [1.82, 2.24) is 15.0 Å². The van der Waals surface area contributed by atoms with E-state index < -0.39 is 0 Å². The Morgan fingerprint density at radius 1 is 1.12 bits per heavy atom. The average Bonchev–Trinajstić information content (AvgIpc) is 3.34. The lowest BCUT2D eigenvalue weighted by Gasteiger charge is -2.34. The zero-order chi connectivity index (χ0) is 16.4. The molecule has 6 nitrogen and oxygen atoms in total. The number of amides is 1. The van der Waals surface area contributed by atoms with Crippen LogP contribution < -0.4 is 0 Å². The number of hydrogen-bond donors (Lipinski definition) is 0. The zero-order valence-electron chi connectivity index (χ0n) is 13.6. The van der Waals surface area contributed by atoms with Gasteiger partial charge in [0.1, 0.15) is 12.1 Å². The summed E-state index contributed by atoms with van der Waals surface area (Å²) in [7, 11) is 0. The lowest BCUT2D eigenvalue weighted by Crippen LogP contribution is -2.44. The van der Waals surface area contributed by atoms with Crippen LogP contribution in [0.5, 0.6) is 0 Å². The van der Waals surface area contributed by atoms with Crippen molar-refractivity contribution in [2.75, 3.05) is 13.2 Å². The highest BCUT2D eigenvalue weighted by molar-refractivity contribution is 5.81. The first kappa shape index (κ1) is 15.3. The van der Waals surface area contributed by atoms with Gasteiger partial charge in [0.2, 0.25) is 11.7 Å². The van der Waals surface area contributed by atoms with E-state index in [1.54, 1.807) is 0 Å². The minimum atomic E-state index is -0.304. The second-order valence-corrected chi connectivity index (χ2v) is 6.37. The topological polar surface area (TPSA) is 68.5 Å². The number of nitrogens with zero attached hydrogens (tertiary/aromatic N) is 3. The molecule has 1 aromatic carbocycles. The molecule has 2 fully saturated rings. The Bertz CT molecular complexity index is 695. The Morgan fingerprint density at radius 2 is 2.00 bits per heavy atom. The number of carbonyl (C=O) groups is 1. The van der Waals surface area contributed by atoms with Crippen molar-refractivity contribution in [2.45, 2.75) is 44.2 Å². The number of aromatic nitrogens is 2. The molecule has 2 aliphatic heterocycles. The Balaban J connectivity index is 1.57. The first-order chi connectivity index (χ1) is 11.8. The van der Waals surface area contributed by atoms with Crippen LogP contribution in [0.2, 0.25) is 0 Å². The summed E-state index contributed by atoms with van der Waals surface area (Å²) in [5.41, 5.74) is 0.917. The molecule has 0 N–H and O–H groups in total. The van der Waals surface area contributed by atoms with Crippen molar-refractivity contribution in [2.24, 2.45) is 0 Å². The molecule has 0 unspecified atom stereocenters. The van der Waals surface area contributed by atoms with Gasteiger partial charge < -0.3 is 14.2 Å². The molecule has 0 radical (unpaired) electrons. The molecule has 2 aromatic rings. The van der Waals surface area contributed by atoms with Gasteiger partial charge in [-0.2, -0.15) is 4.98 Å². The van der Waals surface area contributed by atoms with Crippen LogP contribution in [0.3, 0.4) is 0 Å². The molecule has 4 rings (SSSR count). The van der Waals surface area contributed by atoms with E-state index in [1.807, 2.05) is 35.2 Å². The van der Waals surface area contributed by atoms with Crippen LogP contribution in [-0.2, 0) is 9.53 Å². The molecule has 126 valence electrons. The van der Waals surface area contributed by atoms with Crippen LogP contribution in [0.25, 0.3) is 11.4 Å². The molecule has 3 heterocycles. The Labute approximate surface area is 140 Å². The summed E-state index contributed by atoms with van der Waals surface area (Å²) in [6.07, 6.45) is 4.38. The first-order valence-electron chi connectivity index (χ1n) is 8.64. The van der Waals surface area contributed by atoms with Gasteiger partial charge in [-0.3, -0.25) is 4.79 Å². The normalized spacial score (nSPS) is 24.2. The van der Waals surface area contributed by atoms with E-state index in [-0.39, 0.29) is 18.1 Å². The third-order valence-corrected chi connectivity index (χ3v) is 4.75. The van der Waals surface area contributed by atoms with Gasteiger partial charge in [-0.25, -0.2) is 0 Å². The van der Waals surface area contributed by atoms with Gasteiger partial charge in [-0.15, -0.1) is 0 Å². The molecule has 2 atom stereocenters. The van der Waals surface area contributed by atoms with Gasteiger partial charge in [0.25, 0.3) is 5.91 Å². The van der Waals surface area contributed by atoms with Gasteiger partial charge in [0.15, 0.2) is 0 Å². The van der Waals surface area contributed by atoms with Crippen molar-refractivity contribution in [3.05, 3.63) is 36.2 Å². The van der Waals surface area contributed by atoms with E-state index in [9.17, 15) is 4.79 Å². The minimum absolute atomic E-state index is 0.0664. The number of ether oxygens (including phenoxy) is 1. The predicted molar refractivity (Wildman–Crippen MR) is 87.0 cm³/mol. The molecule has 6 heteroatoms. The standard InChI is InChI=1S/C18H21N3O3/c22-18(15-10-6-12-23-15)21-11-5-4-9-14(21)17-19-16(20-24-17)13-7-2-1-3-8-13/h1-3,7-8,14-15H,4-6,9-12H2/t14-,15-/m0/s1. The zero-order valence-corrected chi connectivity index (χ0v) is 13.6. The van der Waals surface area contributed by atoms with E-state index in [0.717, 1.165) is 44.2 Å². The summed E-state index contributed by atoms with van der Waals surface area (Å²) < 4.78 is 11.1. The maximum absolute atomic E-state index is 12.8. The fourth-order valence-corrected chi connectivity index (χ4v) is 3.48. The fraction of sp³-hybridized carbons (Fsp3) is 0.500. The molecule has 2 aliphatic rings. The first-order valence-corrected chi connectivity index (χ1v) is 8.64. The second kappa shape index (κ2) is 6.73. The lowest BCUT2D eigenvalue weighted by molar-refractivity contribution is -0.145. The van der Waals surface area contributed by atoms with E-state index in [4.69, 9.17) is 9.26 Å². The van der Waals surface area contributed by atoms with Crippen LogP contribution in [0, 0.1) is 0 Å². The molecule has 0 bridgehead atoms. The van der Waals surface area contributed by atoms with Crippen molar-refractivity contribution in [1.29, 1.82) is 0 Å². The van der Waals surface area contributed by atoms with Crippen LogP contribution in [-0.4, -0.2) is 40.2 Å². The smallest absolute Gasteiger partial charge is 0.252 e. The molecule has 0 saturated carbocycles. The number of benzene rings is 1. The Kier molecular flexibility index (Phi) is 4.30. The van der Waals surface area contributed by atoms with Gasteiger partial charge >= 0.3 is 0 Å². The fourth-order valence-electron chi connectivity index (χ4n) is 3.48. The van der Waals surface area contributed by atoms with Gasteiger partial charge in [-0.1, -0.05) is 35.5 Å². The van der Waals surface area contributed by atoms with Crippen molar-refractivity contribution >= 4 is 5.91 Å². The highest BCUT2D eigenvalue weighted by Gasteiger charge is 2.37. The van der Waals surface area contributed by atoms with Crippen molar-refractivity contribution < 1.29 is 14.1 Å². The predicted octanol–water partition coefficient (Wildman–Crippen LogP) is 2.97. The highest BCUT2D eigenvalue weighted by atomic mass is 16.5. The number of rotatable bonds is 3. The summed E-state index contributed by atoms with van der Waals surface area (Å²) >= 11 is 0. The Morgan fingerprint density at radius 3 is 2.79 bits per heavy atom. The van der Waals surface area contributed by atoms with Crippen molar-refractivity contribution in [3.63, 3.8) is 0 Å². The van der Waals surface area contributed by atoms with E-state index in [1.165, 1.54) is 0 Å². The van der Waals surface area contributed by atoms with E-state index in [2.05, 4.69) is 10.1 Å². The molecule has 0 spiro atoms. The summed E-state index contributed by atoms with van der Waals surface area (Å²) in [5.74, 6) is 1.16. The van der Waals surface area contributed by atoms with E-state index in [0.29, 0.717) is 18.3 Å². The number of carbonyl (C=O) groups excluding carboxylic acids is 1. The summed E-state index contributed by atoms with van der Waals surface area (Å²) in [6, 6.07) is 9.60. The van der Waals surface area contributed by atoms with Crippen LogP contribution in [0.1, 0.15) is 44.0 Å². The number of hydrogen-bond acceptors (Lipinski definition) is 5. The SMILES string of the molecule is O=C([C@@H]1CCCO1)N1CCCC[C@H]1c1nc(-c2ccccc2)no1. The molecular weight excluding hydrogens is 306 g/mol. The number of likely N-dealkylation sites (tertiary alicyclic amines) is 1. The average molecular weight is 327 g/mol. The molecule has 24 heavy (non-hydrogen) atoms. The van der Waals surface area contributed by atoms with Gasteiger partial charge in [-0.05, 0) is 32.1 Å². The van der Waals surface area contributed by atoms with Gasteiger partial charge in [0, 0.05) is 18.7 Å². The summed E-state index contributed by atoms with van der Waals surface area (Å²) in [5, 5.41) is 4.10. The molecule has 1 aromatic heterocycles. The van der Waals surface area contributed by atoms with Crippen LogP contribution >= 0.6 is 0 Å².